The Bertz CT molecular complexity index is 854. The number of amides is 3. The lowest BCUT2D eigenvalue weighted by molar-refractivity contribution is -0.116. The van der Waals surface area contributed by atoms with Crippen molar-refractivity contribution in [3.05, 3.63) is 53.6 Å². The Labute approximate surface area is 178 Å². The van der Waals surface area contributed by atoms with Gasteiger partial charge in [0.25, 0.3) is 0 Å². The summed E-state index contributed by atoms with van der Waals surface area (Å²) >= 11 is 1.83. The van der Waals surface area contributed by atoms with Gasteiger partial charge in [-0.25, -0.2) is 4.79 Å². The van der Waals surface area contributed by atoms with Crippen LogP contribution in [0, 0.1) is 6.92 Å². The SMILES string of the molecule is CCc1ccccc1NC(=O)CN(C)C(=O)Nc1ccc(SC(C)CC)cc1C. The monoisotopic (exact) mass is 413 g/mol. The Kier molecular flexibility index (Phi) is 8.58. The van der Waals surface area contributed by atoms with Crippen molar-refractivity contribution in [1.29, 1.82) is 0 Å². The fourth-order valence-corrected chi connectivity index (χ4v) is 3.83. The molecule has 2 aromatic carbocycles. The molecule has 0 bridgehead atoms. The number of urea groups is 1. The Morgan fingerprint density at radius 3 is 2.45 bits per heavy atom. The second-order valence-electron chi connectivity index (χ2n) is 7.16. The number of hydrogen-bond acceptors (Lipinski definition) is 3. The third-order valence-electron chi connectivity index (χ3n) is 4.75. The van der Waals surface area contributed by atoms with Gasteiger partial charge in [0.05, 0.1) is 0 Å². The molecule has 0 aliphatic carbocycles. The summed E-state index contributed by atoms with van der Waals surface area (Å²) in [6.45, 7) is 8.37. The van der Waals surface area contributed by atoms with Crippen molar-refractivity contribution >= 4 is 35.1 Å². The number of carbonyl (C=O) groups excluding carboxylic acids is 2. The van der Waals surface area contributed by atoms with Gasteiger partial charge in [-0.1, -0.05) is 39.0 Å². The minimum Gasteiger partial charge on any atom is -0.324 e. The predicted molar refractivity (Wildman–Crippen MR) is 123 cm³/mol. The number of rotatable bonds is 8. The van der Waals surface area contributed by atoms with E-state index in [0.29, 0.717) is 5.25 Å². The largest absolute Gasteiger partial charge is 0.324 e. The minimum atomic E-state index is -0.311. The Morgan fingerprint density at radius 1 is 1.07 bits per heavy atom. The molecule has 2 aromatic rings. The van der Waals surface area contributed by atoms with Gasteiger partial charge in [0.1, 0.15) is 6.54 Å². The molecule has 0 spiro atoms. The maximum atomic E-state index is 12.5. The van der Waals surface area contributed by atoms with E-state index < -0.39 is 0 Å². The van der Waals surface area contributed by atoms with E-state index in [4.69, 9.17) is 0 Å². The molecule has 29 heavy (non-hydrogen) atoms. The zero-order chi connectivity index (χ0) is 21.4. The van der Waals surface area contributed by atoms with Crippen LogP contribution in [0.15, 0.2) is 47.4 Å². The number of anilines is 2. The number of thioether (sulfide) groups is 1. The highest BCUT2D eigenvalue weighted by Gasteiger charge is 2.15. The first-order chi connectivity index (χ1) is 13.8. The number of carbonyl (C=O) groups is 2. The van der Waals surface area contributed by atoms with Gasteiger partial charge in [0.2, 0.25) is 5.91 Å². The molecule has 0 saturated carbocycles. The van der Waals surface area contributed by atoms with Gasteiger partial charge in [-0.2, -0.15) is 0 Å². The number of hydrogen-bond donors (Lipinski definition) is 2. The molecule has 1 unspecified atom stereocenters. The van der Waals surface area contributed by atoms with Crippen LogP contribution in [0.25, 0.3) is 0 Å². The fraction of sp³-hybridized carbons (Fsp3) is 0.391. The van der Waals surface area contributed by atoms with Gasteiger partial charge in [0.15, 0.2) is 0 Å². The highest BCUT2D eigenvalue weighted by atomic mass is 32.2. The minimum absolute atomic E-state index is 0.0229. The molecule has 5 nitrogen and oxygen atoms in total. The lowest BCUT2D eigenvalue weighted by Gasteiger charge is -2.19. The Morgan fingerprint density at radius 2 is 1.79 bits per heavy atom. The standard InChI is InChI=1S/C23H31N3O2S/c1-6-17(4)29-19-12-13-20(16(3)14-19)25-23(28)26(5)15-22(27)24-21-11-9-8-10-18(21)7-2/h8-14,17H,6-7,15H2,1-5H3,(H,24,27)(H,25,28). The summed E-state index contributed by atoms with van der Waals surface area (Å²) in [5, 5.41) is 6.34. The molecule has 156 valence electrons. The van der Waals surface area contributed by atoms with E-state index in [1.807, 2.05) is 62.0 Å². The molecule has 0 aromatic heterocycles. The van der Waals surface area contributed by atoms with Crippen molar-refractivity contribution in [2.45, 2.75) is 50.7 Å². The van der Waals surface area contributed by atoms with Gasteiger partial charge in [-0.15, -0.1) is 11.8 Å². The van der Waals surface area contributed by atoms with E-state index in [1.165, 1.54) is 9.80 Å². The molecular weight excluding hydrogens is 382 g/mol. The average molecular weight is 414 g/mol. The summed E-state index contributed by atoms with van der Waals surface area (Å²) in [7, 11) is 1.61. The first kappa shape index (κ1) is 22.8. The van der Waals surface area contributed by atoms with Crippen LogP contribution in [0.5, 0.6) is 0 Å². The van der Waals surface area contributed by atoms with E-state index in [0.717, 1.165) is 35.3 Å². The molecule has 0 heterocycles. The van der Waals surface area contributed by atoms with Crippen LogP contribution < -0.4 is 10.6 Å². The van der Waals surface area contributed by atoms with E-state index >= 15 is 0 Å². The number of aryl methyl sites for hydroxylation is 2. The van der Waals surface area contributed by atoms with Crippen LogP contribution in [0.4, 0.5) is 16.2 Å². The summed E-state index contributed by atoms with van der Waals surface area (Å²) in [4.78, 5) is 27.4. The highest BCUT2D eigenvalue weighted by molar-refractivity contribution is 7.99. The second-order valence-corrected chi connectivity index (χ2v) is 8.67. The van der Waals surface area contributed by atoms with Gasteiger partial charge in [0, 0.05) is 28.6 Å². The number of nitrogens with one attached hydrogen (secondary N) is 2. The van der Waals surface area contributed by atoms with Crippen molar-refractivity contribution in [2.75, 3.05) is 24.2 Å². The van der Waals surface area contributed by atoms with Crippen molar-refractivity contribution in [1.82, 2.24) is 4.90 Å². The lowest BCUT2D eigenvalue weighted by Crippen LogP contribution is -2.37. The van der Waals surface area contributed by atoms with E-state index in [-0.39, 0.29) is 18.5 Å². The third-order valence-corrected chi connectivity index (χ3v) is 6.01. The maximum absolute atomic E-state index is 12.5. The van der Waals surface area contributed by atoms with Crippen LogP contribution in [-0.2, 0) is 11.2 Å². The quantitative estimate of drug-likeness (QED) is 0.558. The number of nitrogens with zero attached hydrogens (tertiary/aromatic N) is 1. The van der Waals surface area contributed by atoms with E-state index in [2.05, 4.69) is 30.5 Å². The molecule has 0 aliphatic rings. The summed E-state index contributed by atoms with van der Waals surface area (Å²) in [6, 6.07) is 13.4. The van der Waals surface area contributed by atoms with Crippen molar-refractivity contribution in [2.24, 2.45) is 0 Å². The van der Waals surface area contributed by atoms with Gasteiger partial charge >= 0.3 is 6.03 Å². The average Bonchev–Trinajstić information content (AvgIpc) is 2.70. The molecule has 2 rings (SSSR count). The molecule has 0 aliphatic heterocycles. The molecule has 1 atom stereocenters. The number of benzene rings is 2. The van der Waals surface area contributed by atoms with Crippen molar-refractivity contribution < 1.29 is 9.59 Å². The van der Waals surface area contributed by atoms with Gasteiger partial charge in [-0.3, -0.25) is 4.79 Å². The van der Waals surface area contributed by atoms with Crippen LogP contribution in [0.1, 0.15) is 38.3 Å². The Hall–Kier alpha value is -2.47. The van der Waals surface area contributed by atoms with Crippen molar-refractivity contribution in [3.8, 4) is 0 Å². The summed E-state index contributed by atoms with van der Waals surface area (Å²) in [5.41, 5.74) is 3.62. The van der Waals surface area contributed by atoms with Crippen molar-refractivity contribution in [3.63, 3.8) is 0 Å². The first-order valence-corrected chi connectivity index (χ1v) is 10.9. The van der Waals surface area contributed by atoms with Gasteiger partial charge < -0.3 is 15.5 Å². The summed E-state index contributed by atoms with van der Waals surface area (Å²) < 4.78 is 0. The lowest BCUT2D eigenvalue weighted by atomic mass is 10.1. The smallest absolute Gasteiger partial charge is 0.322 e. The predicted octanol–water partition coefficient (Wildman–Crippen LogP) is 5.55. The maximum Gasteiger partial charge on any atom is 0.322 e. The third kappa shape index (κ3) is 6.82. The summed E-state index contributed by atoms with van der Waals surface area (Å²) in [5.74, 6) is -0.222. The molecular formula is C23H31N3O2S. The zero-order valence-corrected chi connectivity index (χ0v) is 18.7. The van der Waals surface area contributed by atoms with E-state index in [1.54, 1.807) is 7.05 Å². The molecule has 0 fully saturated rings. The molecule has 3 amide bonds. The molecule has 6 heteroatoms. The van der Waals surface area contributed by atoms with Crippen LogP contribution in [0.3, 0.4) is 0 Å². The fourth-order valence-electron chi connectivity index (χ4n) is 2.80. The molecule has 0 saturated heterocycles. The Balaban J connectivity index is 1.94. The van der Waals surface area contributed by atoms with Gasteiger partial charge in [-0.05, 0) is 55.2 Å². The molecule has 2 N–H and O–H groups in total. The summed E-state index contributed by atoms with van der Waals surface area (Å²) in [6.07, 6.45) is 1.94. The second kappa shape index (κ2) is 10.9. The van der Waals surface area contributed by atoms with Crippen LogP contribution in [0.2, 0.25) is 0 Å². The number of likely N-dealkylation sites (N-methyl/N-ethyl adjacent to an activating group) is 1. The topological polar surface area (TPSA) is 61.4 Å². The number of para-hydroxylation sites is 1. The first-order valence-electron chi connectivity index (χ1n) is 10.0. The zero-order valence-electron chi connectivity index (χ0n) is 17.9. The van der Waals surface area contributed by atoms with E-state index in [9.17, 15) is 9.59 Å². The normalized spacial score (nSPS) is 11.6. The van der Waals surface area contributed by atoms with Crippen LogP contribution >= 0.6 is 11.8 Å². The van der Waals surface area contributed by atoms with Crippen LogP contribution in [-0.4, -0.2) is 35.7 Å². The highest BCUT2D eigenvalue weighted by Crippen LogP contribution is 2.28. The molecule has 0 radical (unpaired) electrons.